The zero-order chi connectivity index (χ0) is 16.0. The number of unbranched alkanes of at least 4 members (excludes halogenated alkanes) is 8. The molecule has 0 atom stereocenters. The zero-order valence-electron chi connectivity index (χ0n) is 13.9. The summed E-state index contributed by atoms with van der Waals surface area (Å²) < 4.78 is 5.68. The summed E-state index contributed by atoms with van der Waals surface area (Å²) in [7, 11) is 0. The van der Waals surface area contributed by atoms with Gasteiger partial charge in [-0.05, 0) is 24.1 Å². The van der Waals surface area contributed by atoms with Crippen molar-refractivity contribution in [1.29, 1.82) is 0 Å². The maximum atomic E-state index is 10.6. The highest BCUT2D eigenvalue weighted by atomic mass is 16.5. The van der Waals surface area contributed by atoms with Crippen LogP contribution < -0.4 is 4.74 Å². The average molecular weight is 306 g/mol. The molecular weight excluding hydrogens is 276 g/mol. The van der Waals surface area contributed by atoms with Crippen molar-refractivity contribution in [1.82, 2.24) is 0 Å². The number of ether oxygens (including phenoxy) is 1. The van der Waals surface area contributed by atoms with E-state index < -0.39 is 5.97 Å². The second-order valence-corrected chi connectivity index (χ2v) is 5.89. The Labute approximate surface area is 134 Å². The van der Waals surface area contributed by atoms with Crippen LogP contribution in [-0.4, -0.2) is 17.7 Å². The number of benzene rings is 1. The molecule has 0 bridgehead atoms. The Morgan fingerprint density at radius 2 is 1.45 bits per heavy atom. The van der Waals surface area contributed by atoms with E-state index >= 15 is 0 Å². The van der Waals surface area contributed by atoms with Crippen LogP contribution in [0.25, 0.3) is 0 Å². The van der Waals surface area contributed by atoms with Gasteiger partial charge >= 0.3 is 5.97 Å². The van der Waals surface area contributed by atoms with Crippen LogP contribution in [0.3, 0.4) is 0 Å². The lowest BCUT2D eigenvalue weighted by Gasteiger charge is -2.07. The summed E-state index contributed by atoms with van der Waals surface area (Å²) >= 11 is 0. The molecule has 124 valence electrons. The monoisotopic (exact) mass is 306 g/mol. The molecule has 0 amide bonds. The first-order chi connectivity index (χ1) is 10.7. The Bertz CT molecular complexity index is 398. The van der Waals surface area contributed by atoms with E-state index in [0.717, 1.165) is 24.3 Å². The lowest BCUT2D eigenvalue weighted by Crippen LogP contribution is -2.00. The third-order valence-electron chi connectivity index (χ3n) is 3.80. The lowest BCUT2D eigenvalue weighted by molar-refractivity contribution is -0.136. The topological polar surface area (TPSA) is 46.5 Å². The summed E-state index contributed by atoms with van der Waals surface area (Å²) in [6.07, 6.45) is 11.8. The van der Waals surface area contributed by atoms with Gasteiger partial charge in [-0.25, -0.2) is 0 Å². The van der Waals surface area contributed by atoms with Gasteiger partial charge in [0.15, 0.2) is 0 Å². The number of carboxylic acid groups (broad SMARTS) is 1. The van der Waals surface area contributed by atoms with Crippen molar-refractivity contribution < 1.29 is 14.6 Å². The van der Waals surface area contributed by atoms with E-state index in [1.54, 1.807) is 0 Å². The molecular formula is C19H30O3. The predicted molar refractivity (Wildman–Crippen MR) is 90.5 cm³/mol. The number of aliphatic carboxylic acids is 1. The van der Waals surface area contributed by atoms with Gasteiger partial charge in [-0.3, -0.25) is 4.79 Å². The fourth-order valence-corrected chi connectivity index (χ4v) is 2.48. The van der Waals surface area contributed by atoms with Gasteiger partial charge in [0.05, 0.1) is 13.0 Å². The normalized spacial score (nSPS) is 10.6. The van der Waals surface area contributed by atoms with E-state index in [9.17, 15) is 4.79 Å². The van der Waals surface area contributed by atoms with Gasteiger partial charge in [-0.2, -0.15) is 0 Å². The maximum absolute atomic E-state index is 10.6. The maximum Gasteiger partial charge on any atom is 0.307 e. The van der Waals surface area contributed by atoms with Crippen molar-refractivity contribution >= 4 is 5.97 Å². The molecule has 0 radical (unpaired) electrons. The van der Waals surface area contributed by atoms with Gasteiger partial charge in [0, 0.05) is 0 Å². The van der Waals surface area contributed by atoms with Gasteiger partial charge in [-0.1, -0.05) is 70.4 Å². The number of hydrogen-bond acceptors (Lipinski definition) is 2. The van der Waals surface area contributed by atoms with Crippen LogP contribution in [0.4, 0.5) is 0 Å². The first kappa shape index (κ1) is 18.5. The van der Waals surface area contributed by atoms with Gasteiger partial charge in [0.2, 0.25) is 0 Å². The minimum absolute atomic E-state index is 0.0680. The highest BCUT2D eigenvalue weighted by Crippen LogP contribution is 2.14. The van der Waals surface area contributed by atoms with Crippen LogP contribution in [0.15, 0.2) is 24.3 Å². The molecule has 0 aliphatic heterocycles. The molecule has 0 unspecified atom stereocenters. The van der Waals surface area contributed by atoms with Crippen LogP contribution in [-0.2, 0) is 11.2 Å². The standard InChI is InChI=1S/C19H30O3/c1-2-3-4-5-6-7-8-9-10-15-22-18-13-11-17(12-14-18)16-19(20)21/h11-14H,2-10,15-16H2,1H3,(H,20,21). The highest BCUT2D eigenvalue weighted by molar-refractivity contribution is 5.70. The van der Waals surface area contributed by atoms with E-state index in [1.807, 2.05) is 24.3 Å². The van der Waals surface area contributed by atoms with E-state index in [1.165, 1.54) is 51.4 Å². The van der Waals surface area contributed by atoms with Crippen LogP contribution in [0.2, 0.25) is 0 Å². The zero-order valence-corrected chi connectivity index (χ0v) is 13.9. The second kappa shape index (κ2) is 12.1. The predicted octanol–water partition coefficient (Wildman–Crippen LogP) is 5.22. The summed E-state index contributed by atoms with van der Waals surface area (Å²) in [5.74, 6) is 0.0251. The molecule has 3 heteroatoms. The summed E-state index contributed by atoms with van der Waals surface area (Å²) in [5, 5.41) is 8.71. The largest absolute Gasteiger partial charge is 0.494 e. The summed E-state index contributed by atoms with van der Waals surface area (Å²) in [4.78, 5) is 10.6. The quantitative estimate of drug-likeness (QED) is 0.508. The first-order valence-electron chi connectivity index (χ1n) is 8.66. The molecule has 22 heavy (non-hydrogen) atoms. The number of hydrogen-bond donors (Lipinski definition) is 1. The van der Waals surface area contributed by atoms with E-state index in [4.69, 9.17) is 9.84 Å². The van der Waals surface area contributed by atoms with Crippen LogP contribution in [0.1, 0.15) is 70.3 Å². The third-order valence-corrected chi connectivity index (χ3v) is 3.80. The van der Waals surface area contributed by atoms with Crippen LogP contribution >= 0.6 is 0 Å². The molecule has 1 rings (SSSR count). The highest BCUT2D eigenvalue weighted by Gasteiger charge is 2.00. The first-order valence-corrected chi connectivity index (χ1v) is 8.66. The van der Waals surface area contributed by atoms with Crippen LogP contribution in [0, 0.1) is 0 Å². The fraction of sp³-hybridized carbons (Fsp3) is 0.632. The second-order valence-electron chi connectivity index (χ2n) is 5.89. The van der Waals surface area contributed by atoms with Crippen molar-refractivity contribution in [3.8, 4) is 5.75 Å². The SMILES string of the molecule is CCCCCCCCCCCOc1ccc(CC(=O)O)cc1. The van der Waals surface area contributed by atoms with E-state index in [-0.39, 0.29) is 6.42 Å². The van der Waals surface area contributed by atoms with Crippen molar-refractivity contribution in [3.05, 3.63) is 29.8 Å². The molecule has 0 aromatic heterocycles. The smallest absolute Gasteiger partial charge is 0.307 e. The molecule has 0 fully saturated rings. The molecule has 0 aliphatic rings. The van der Waals surface area contributed by atoms with Crippen molar-refractivity contribution in [2.24, 2.45) is 0 Å². The molecule has 0 saturated carbocycles. The fourth-order valence-electron chi connectivity index (χ4n) is 2.48. The molecule has 1 N–H and O–H groups in total. The summed E-state index contributed by atoms with van der Waals surface area (Å²) in [5.41, 5.74) is 0.808. The Hall–Kier alpha value is -1.51. The average Bonchev–Trinajstić information content (AvgIpc) is 2.50. The van der Waals surface area contributed by atoms with E-state index in [0.29, 0.717) is 0 Å². The molecule has 0 heterocycles. The Morgan fingerprint density at radius 3 is 2.00 bits per heavy atom. The van der Waals surface area contributed by atoms with Crippen molar-refractivity contribution in [3.63, 3.8) is 0 Å². The minimum Gasteiger partial charge on any atom is -0.494 e. The molecule has 3 nitrogen and oxygen atoms in total. The molecule has 0 saturated heterocycles. The van der Waals surface area contributed by atoms with Crippen LogP contribution in [0.5, 0.6) is 5.75 Å². The lowest BCUT2D eigenvalue weighted by atomic mass is 10.1. The minimum atomic E-state index is -0.802. The molecule has 0 aliphatic carbocycles. The molecule has 1 aromatic rings. The number of rotatable bonds is 13. The third kappa shape index (κ3) is 9.43. The summed E-state index contributed by atoms with van der Waals surface area (Å²) in [6, 6.07) is 7.34. The Kier molecular flexibility index (Phi) is 10.2. The van der Waals surface area contributed by atoms with E-state index in [2.05, 4.69) is 6.92 Å². The Morgan fingerprint density at radius 1 is 0.909 bits per heavy atom. The van der Waals surface area contributed by atoms with Gasteiger partial charge in [0.1, 0.15) is 5.75 Å². The van der Waals surface area contributed by atoms with Gasteiger partial charge in [0.25, 0.3) is 0 Å². The summed E-state index contributed by atoms with van der Waals surface area (Å²) in [6.45, 7) is 2.99. The number of carboxylic acids is 1. The van der Waals surface area contributed by atoms with Crippen molar-refractivity contribution in [2.75, 3.05) is 6.61 Å². The van der Waals surface area contributed by atoms with Gasteiger partial charge < -0.3 is 9.84 Å². The Balaban J connectivity index is 1.99. The molecule has 0 spiro atoms. The number of carbonyl (C=O) groups is 1. The molecule has 1 aromatic carbocycles. The van der Waals surface area contributed by atoms with Gasteiger partial charge in [-0.15, -0.1) is 0 Å². The van der Waals surface area contributed by atoms with Crippen molar-refractivity contribution in [2.45, 2.75) is 71.1 Å².